The normalized spacial score (nSPS) is 11.9. The first-order valence-corrected chi connectivity index (χ1v) is 31.5. The fourth-order valence-corrected chi connectivity index (χ4v) is 12.8. The minimum Gasteiger partial charge on any atom is -0.454 e. The second kappa shape index (κ2) is 25.8. The highest BCUT2D eigenvalue weighted by Gasteiger charge is 2.20. The van der Waals surface area contributed by atoms with E-state index in [-0.39, 0.29) is 41.5 Å². The molecule has 0 unspecified atom stereocenters. The van der Waals surface area contributed by atoms with Crippen LogP contribution in [0.15, 0.2) is 344 Å². The molecule has 3 heterocycles. The standard InChI is InChI=1S/C37H27FN2.C31H23FN2.C19H15NO/c1-26-11-17-30(18-12-26)39(31-19-13-28(14-20-31)27-7-3-2-4-8-27)33-23-24-37-35(25-33)34-9-5-6-10-36(34)40(37)32-21-15-29(38)16-22-32;1-33(25-15-11-23(12-16-25)22-7-3-2-4-8-22)27-19-20-31-29(21-27)28-9-5-6-10-30(28)34(31)26-17-13-24(32)14-18-26;1-20(14-8-3-2-4-9-14)17-12-7-11-16-15-10-5-6-13-18(15)21-19(16)17/h2-25H,1H3;2-21H,1H3;2-13H,1H3/i;;2D,3D,4D,8D,9D. The fourth-order valence-electron chi connectivity index (χ4n) is 12.8. The monoisotopic (exact) mass is 1240 g/mol. The SMILES string of the molecule is CN(c1ccc(-c2ccccc2)cc1)c1ccc2c(c1)c1ccccc1n2-c1ccc(F)cc1.Cc1ccc(N(c2ccc(-c3ccccc3)cc2)c2ccc3c(c2)c2ccccc2n3-c2ccc(F)cc2)cc1.[2H]c1c([2H])c([2H])c(N(C)c2cccc3c2oc2ccccc23)c([2H])c1[2H]. The summed E-state index contributed by atoms with van der Waals surface area (Å²) in [6, 6.07) is 102. The van der Waals surface area contributed by atoms with E-state index in [0.717, 1.165) is 89.0 Å². The molecule has 0 aliphatic carbocycles. The molecule has 0 aliphatic rings. The number of benzene rings is 14. The molecule has 0 atom stereocenters. The summed E-state index contributed by atoms with van der Waals surface area (Å²) in [5, 5.41) is 6.54. The number of fused-ring (bicyclic) bond motifs is 9. The minimum absolute atomic E-state index is 0.115. The van der Waals surface area contributed by atoms with E-state index in [9.17, 15) is 8.78 Å². The molecule has 0 aliphatic heterocycles. The molecule has 0 bridgehead atoms. The summed E-state index contributed by atoms with van der Waals surface area (Å²) >= 11 is 0. The number of nitrogens with zero attached hydrogens (tertiary/aromatic N) is 5. The van der Waals surface area contributed by atoms with Gasteiger partial charge in [-0.15, -0.1) is 0 Å². The van der Waals surface area contributed by atoms with Crippen LogP contribution in [0.4, 0.5) is 48.6 Å². The van der Waals surface area contributed by atoms with Crippen molar-refractivity contribution >= 4 is 105 Å². The molecule has 3 aromatic heterocycles. The highest BCUT2D eigenvalue weighted by atomic mass is 19.1. The van der Waals surface area contributed by atoms with E-state index in [1.165, 1.54) is 62.9 Å². The third-order valence-electron chi connectivity index (χ3n) is 17.6. The quantitative estimate of drug-likeness (QED) is 0.129. The molecule has 6 nitrogen and oxygen atoms in total. The smallest absolute Gasteiger partial charge is 0.159 e. The lowest BCUT2D eigenvalue weighted by atomic mass is 10.0. The maximum Gasteiger partial charge on any atom is 0.159 e. The van der Waals surface area contributed by atoms with Crippen molar-refractivity contribution in [1.29, 1.82) is 0 Å². The van der Waals surface area contributed by atoms with Crippen LogP contribution in [-0.2, 0) is 0 Å². The van der Waals surface area contributed by atoms with Crippen molar-refractivity contribution < 1.29 is 20.1 Å². The van der Waals surface area contributed by atoms with E-state index in [0.29, 0.717) is 11.3 Å². The molecule has 0 amide bonds. The van der Waals surface area contributed by atoms with E-state index >= 15 is 0 Å². The lowest BCUT2D eigenvalue weighted by Gasteiger charge is -2.26. The Hall–Kier alpha value is -12.3. The number of halogens is 2. The molecule has 95 heavy (non-hydrogen) atoms. The van der Waals surface area contributed by atoms with Crippen molar-refractivity contribution in [3.05, 3.63) is 357 Å². The van der Waals surface area contributed by atoms with E-state index in [4.69, 9.17) is 11.3 Å². The van der Waals surface area contributed by atoms with Gasteiger partial charge < -0.3 is 28.3 Å². The molecule has 14 aromatic carbocycles. The van der Waals surface area contributed by atoms with Crippen molar-refractivity contribution in [1.82, 2.24) is 9.13 Å². The summed E-state index contributed by atoms with van der Waals surface area (Å²) in [5.41, 5.74) is 19.9. The summed E-state index contributed by atoms with van der Waals surface area (Å²) in [4.78, 5) is 6.10. The van der Waals surface area contributed by atoms with Gasteiger partial charge in [-0.3, -0.25) is 0 Å². The summed E-state index contributed by atoms with van der Waals surface area (Å²) in [7, 11) is 3.77. The Kier molecular flexibility index (Phi) is 14.5. The van der Waals surface area contributed by atoms with Gasteiger partial charge in [-0.05, 0) is 187 Å². The molecule has 0 fully saturated rings. The zero-order valence-corrected chi connectivity index (χ0v) is 52.3. The van der Waals surface area contributed by atoms with Crippen LogP contribution in [0.1, 0.15) is 12.4 Å². The lowest BCUT2D eigenvalue weighted by molar-refractivity contribution is 0.627. The molecule has 0 N–H and O–H groups in total. The summed E-state index contributed by atoms with van der Waals surface area (Å²) in [6.07, 6.45) is 0. The molecule has 458 valence electrons. The maximum absolute atomic E-state index is 13.8. The van der Waals surface area contributed by atoms with Gasteiger partial charge >= 0.3 is 0 Å². The molecular formula is C87H65F2N5O. The van der Waals surface area contributed by atoms with Gasteiger partial charge in [0.15, 0.2) is 5.58 Å². The Balaban J connectivity index is 0.000000125. The zero-order valence-electron chi connectivity index (χ0n) is 57.3. The fraction of sp³-hybridized carbons (Fsp3) is 0.0345. The average molecular weight is 1240 g/mol. The van der Waals surface area contributed by atoms with Gasteiger partial charge in [0.05, 0.1) is 34.6 Å². The first-order valence-electron chi connectivity index (χ1n) is 34.0. The average Bonchev–Trinajstić information content (AvgIpc) is 1.61. The second-order valence-electron chi connectivity index (χ2n) is 23.4. The van der Waals surface area contributed by atoms with E-state index < -0.39 is 6.04 Å². The first-order chi connectivity index (χ1) is 48.8. The number of hydrogen-bond donors (Lipinski definition) is 0. The van der Waals surface area contributed by atoms with Gasteiger partial charge in [0, 0.05) is 91.9 Å². The highest BCUT2D eigenvalue weighted by Crippen LogP contribution is 2.42. The van der Waals surface area contributed by atoms with Crippen molar-refractivity contribution in [2.24, 2.45) is 0 Å². The van der Waals surface area contributed by atoms with Crippen LogP contribution in [0.3, 0.4) is 0 Å². The number of aromatic nitrogens is 2. The predicted molar refractivity (Wildman–Crippen MR) is 395 cm³/mol. The molecule has 17 rings (SSSR count). The molecule has 8 heteroatoms. The van der Waals surface area contributed by atoms with Crippen LogP contribution in [0.5, 0.6) is 0 Å². The lowest BCUT2D eigenvalue weighted by Crippen LogP contribution is -2.10. The Bertz CT molecular complexity index is 5820. The Morgan fingerprint density at radius 1 is 0.326 bits per heavy atom. The van der Waals surface area contributed by atoms with Crippen LogP contribution < -0.4 is 14.7 Å². The van der Waals surface area contributed by atoms with Crippen LogP contribution in [0, 0.1) is 18.6 Å². The Morgan fingerprint density at radius 3 is 1.29 bits per heavy atom. The number of rotatable bonds is 11. The van der Waals surface area contributed by atoms with Crippen molar-refractivity contribution in [2.45, 2.75) is 6.92 Å². The minimum atomic E-state index is -0.404. The Morgan fingerprint density at radius 2 is 0.747 bits per heavy atom. The number of aryl methyl sites for hydroxylation is 1. The highest BCUT2D eigenvalue weighted by molar-refractivity contribution is 6.12. The van der Waals surface area contributed by atoms with Crippen LogP contribution in [0.2, 0.25) is 0 Å². The van der Waals surface area contributed by atoms with Gasteiger partial charge in [0.1, 0.15) is 17.2 Å². The number of hydrogen-bond acceptors (Lipinski definition) is 4. The third kappa shape index (κ3) is 11.7. The van der Waals surface area contributed by atoms with E-state index in [1.54, 1.807) is 11.9 Å². The number of para-hydroxylation sites is 5. The maximum atomic E-state index is 13.8. The van der Waals surface area contributed by atoms with Gasteiger partial charge in [-0.2, -0.15) is 0 Å². The van der Waals surface area contributed by atoms with Crippen LogP contribution in [-0.4, -0.2) is 23.2 Å². The molecule has 0 saturated carbocycles. The molecule has 17 aromatic rings. The van der Waals surface area contributed by atoms with Gasteiger partial charge in [0.25, 0.3) is 0 Å². The van der Waals surface area contributed by atoms with Crippen LogP contribution >= 0.6 is 0 Å². The Labute approximate surface area is 557 Å². The molecule has 0 radical (unpaired) electrons. The number of anilines is 7. The van der Waals surface area contributed by atoms with Crippen molar-refractivity contribution in [3.63, 3.8) is 0 Å². The predicted octanol–water partition coefficient (Wildman–Crippen LogP) is 24.1. The number of furan rings is 1. The largest absolute Gasteiger partial charge is 0.454 e. The summed E-state index contributed by atoms with van der Waals surface area (Å²) in [6.45, 7) is 2.11. The van der Waals surface area contributed by atoms with E-state index in [1.807, 2.05) is 84.9 Å². The third-order valence-corrected chi connectivity index (χ3v) is 17.6. The van der Waals surface area contributed by atoms with E-state index in [2.05, 4.69) is 233 Å². The summed E-state index contributed by atoms with van der Waals surface area (Å²) < 4.78 is 77.6. The molecular weight excluding hydrogens is 1170 g/mol. The van der Waals surface area contributed by atoms with Gasteiger partial charge in [-0.25, -0.2) is 8.78 Å². The second-order valence-corrected chi connectivity index (χ2v) is 23.4. The van der Waals surface area contributed by atoms with Gasteiger partial charge in [0.2, 0.25) is 0 Å². The topological polar surface area (TPSA) is 32.7 Å². The van der Waals surface area contributed by atoms with Crippen LogP contribution in [0.25, 0.3) is 99.2 Å². The summed E-state index contributed by atoms with van der Waals surface area (Å²) in [5.74, 6) is -0.467. The first kappa shape index (κ1) is 53.4. The van der Waals surface area contributed by atoms with Crippen molar-refractivity contribution in [2.75, 3.05) is 28.8 Å². The molecule has 0 saturated heterocycles. The van der Waals surface area contributed by atoms with Crippen molar-refractivity contribution in [3.8, 4) is 33.6 Å². The zero-order chi connectivity index (χ0) is 68.7. The van der Waals surface area contributed by atoms with Gasteiger partial charge in [-0.1, -0.05) is 187 Å². The molecule has 0 spiro atoms.